The predicted octanol–water partition coefficient (Wildman–Crippen LogP) is 16.4. The molecule has 0 unspecified atom stereocenters. The van der Waals surface area contributed by atoms with Gasteiger partial charge in [0.2, 0.25) is 0 Å². The zero-order valence-electron chi connectivity index (χ0n) is 44.7. The number of aldehydes is 1. The molecule has 7 aromatic carbocycles. The van der Waals surface area contributed by atoms with Crippen LogP contribution >= 0.6 is 22.6 Å². The van der Waals surface area contributed by atoms with E-state index in [0.29, 0.717) is 6.61 Å². The highest BCUT2D eigenvalue weighted by Crippen LogP contribution is 2.26. The molecule has 0 atom stereocenters. The minimum Gasteiger partial charge on any atom is -0.494 e. The van der Waals surface area contributed by atoms with Crippen molar-refractivity contribution in [2.75, 3.05) is 29.6 Å². The third kappa shape index (κ3) is 17.4. The highest BCUT2D eigenvalue weighted by atomic mass is 127. The molecule has 0 saturated heterocycles. The van der Waals surface area contributed by atoms with E-state index >= 15 is 0 Å². The highest BCUT2D eigenvalue weighted by molar-refractivity contribution is 14.1. The van der Waals surface area contributed by atoms with Gasteiger partial charge in [0.25, 0.3) is 0 Å². The van der Waals surface area contributed by atoms with Gasteiger partial charge in [0.15, 0.2) is 0 Å². The van der Waals surface area contributed by atoms with Gasteiger partial charge in [-0.05, 0) is 193 Å². The number of rotatable bonds is 15. The molecule has 6 N–H and O–H groups in total. The predicted molar refractivity (Wildman–Crippen MR) is 331 cm³/mol. The van der Waals surface area contributed by atoms with E-state index in [1.54, 1.807) is 0 Å². The second-order valence-corrected chi connectivity index (χ2v) is 19.2. The van der Waals surface area contributed by atoms with Crippen LogP contribution in [0.4, 0.5) is 17.1 Å². The molecule has 0 fully saturated rings. The summed E-state index contributed by atoms with van der Waals surface area (Å²) < 4.78 is 14.2. The summed E-state index contributed by atoms with van der Waals surface area (Å²) in [6.45, 7) is 13.5. The molecule has 0 amide bonds. The first-order valence-corrected chi connectivity index (χ1v) is 27.4. The van der Waals surface area contributed by atoms with Crippen LogP contribution in [-0.2, 0) is 32.4 Å². The summed E-state index contributed by atoms with van der Waals surface area (Å²) >= 11 is 2.27. The molecule has 0 saturated carbocycles. The van der Waals surface area contributed by atoms with Crippen molar-refractivity contribution in [2.24, 2.45) is 0 Å². The van der Waals surface area contributed by atoms with Gasteiger partial charge in [-0.2, -0.15) is 0 Å². The van der Waals surface area contributed by atoms with Gasteiger partial charge in [0, 0.05) is 79.6 Å². The van der Waals surface area contributed by atoms with Crippen molar-refractivity contribution in [1.29, 1.82) is 0 Å². The van der Waals surface area contributed by atoms with E-state index in [-0.39, 0.29) is 0 Å². The number of nitrogens with one attached hydrogen (secondary N) is 4. The van der Waals surface area contributed by atoms with E-state index in [1.165, 1.54) is 47.7 Å². The van der Waals surface area contributed by atoms with Crippen molar-refractivity contribution in [3.05, 3.63) is 244 Å². The summed E-state index contributed by atoms with van der Waals surface area (Å²) in [5, 5.41) is 10.5. The smallest absolute Gasteiger partial charge is 0.150 e. The third-order valence-corrected chi connectivity index (χ3v) is 13.3. The van der Waals surface area contributed by atoms with Crippen molar-refractivity contribution < 1.29 is 14.3 Å². The molecule has 11 heteroatoms. The van der Waals surface area contributed by atoms with Crippen LogP contribution in [0.2, 0.25) is 0 Å². The van der Waals surface area contributed by atoms with Crippen molar-refractivity contribution in [3.8, 4) is 17.2 Å². The number of nitrogen functional groups attached to an aromatic ring is 1. The molecule has 0 aliphatic heterocycles. The summed E-state index contributed by atoms with van der Waals surface area (Å²) in [4.78, 5) is 20.8. The summed E-state index contributed by atoms with van der Waals surface area (Å²) in [5.41, 5.74) is 20.3. The van der Waals surface area contributed by atoms with Gasteiger partial charge in [-0.3, -0.25) is 4.79 Å². The normalized spacial score (nSPS) is 10.4. The fourth-order valence-corrected chi connectivity index (χ4v) is 8.54. The number of benzene rings is 7. The van der Waals surface area contributed by atoms with Crippen LogP contribution in [-0.4, -0.2) is 39.0 Å². The second kappa shape index (κ2) is 29.7. The largest absolute Gasteiger partial charge is 0.494 e. The molecule has 77 heavy (non-hydrogen) atoms. The van der Waals surface area contributed by atoms with Gasteiger partial charge >= 0.3 is 0 Å². The van der Waals surface area contributed by atoms with E-state index in [0.717, 1.165) is 102 Å². The number of halogens is 1. The second-order valence-electron chi connectivity index (χ2n) is 18.0. The van der Waals surface area contributed by atoms with Crippen LogP contribution in [0.25, 0.3) is 38.5 Å². The number of ether oxygens (including phenoxy) is 2. The number of nitrogens with two attached hydrogens (primary N) is 1. The number of anilines is 3. The Bertz CT molecular complexity index is 3480. The van der Waals surface area contributed by atoms with Gasteiger partial charge in [-0.15, -0.1) is 0 Å². The average Bonchev–Trinajstić information content (AvgIpc) is 4.27. The Morgan fingerprint density at radius 2 is 1.08 bits per heavy atom. The maximum Gasteiger partial charge on any atom is 0.150 e. The van der Waals surface area contributed by atoms with Crippen molar-refractivity contribution in [1.82, 2.24) is 19.5 Å². The number of aromatic amines is 2. The zero-order valence-corrected chi connectivity index (χ0v) is 46.9. The first-order valence-electron chi connectivity index (χ1n) is 26.3. The van der Waals surface area contributed by atoms with E-state index in [1.807, 2.05) is 123 Å². The first kappa shape index (κ1) is 56.4. The zero-order chi connectivity index (χ0) is 54.2. The Hall–Kier alpha value is -8.29. The SMILES string of the molecule is CCOc1ccc(-n2ccc3cc(NCc4ccc(CC)cc4)ccc32)cc1.CCOc1ccc(I)cc1.CCc1ccc(C=O)cc1.CCc1ccc(CNc2cnc3[nH]ccc3c2)cc1.Nc1ccc2[nH]ccc2c1. The minimum absolute atomic E-state index is 0.685. The van der Waals surface area contributed by atoms with Gasteiger partial charge in [-0.25, -0.2) is 4.98 Å². The lowest BCUT2D eigenvalue weighted by Gasteiger charge is -2.10. The molecule has 10 nitrogen and oxygen atoms in total. The van der Waals surface area contributed by atoms with Crippen LogP contribution < -0.4 is 25.8 Å². The van der Waals surface area contributed by atoms with Crippen LogP contribution in [0, 0.1) is 3.57 Å². The van der Waals surface area contributed by atoms with Crippen LogP contribution in [0.5, 0.6) is 11.5 Å². The van der Waals surface area contributed by atoms with E-state index in [2.05, 4.69) is 171 Å². The van der Waals surface area contributed by atoms with Gasteiger partial charge in [0.05, 0.1) is 30.6 Å². The molecule has 394 valence electrons. The molecule has 0 aliphatic carbocycles. The number of aromatic nitrogens is 4. The first-order chi connectivity index (χ1) is 37.7. The molecule has 4 heterocycles. The van der Waals surface area contributed by atoms with E-state index < -0.39 is 0 Å². The summed E-state index contributed by atoms with van der Waals surface area (Å²) in [5.74, 6) is 1.85. The maximum absolute atomic E-state index is 10.2. The van der Waals surface area contributed by atoms with Gasteiger partial charge < -0.3 is 40.4 Å². The average molecular weight is 1140 g/mol. The molecule has 0 spiro atoms. The number of hydrogen-bond acceptors (Lipinski definition) is 7. The fraction of sp³-hybridized carbons (Fsp3) is 0.182. The number of pyridine rings is 1. The number of carbonyl (C=O) groups is 1. The van der Waals surface area contributed by atoms with Crippen LogP contribution in [0.1, 0.15) is 72.8 Å². The number of nitrogens with zero attached hydrogens (tertiary/aromatic N) is 2. The van der Waals surface area contributed by atoms with E-state index in [4.69, 9.17) is 15.2 Å². The molecule has 4 aromatic heterocycles. The molecular weight excluding hydrogens is 1070 g/mol. The van der Waals surface area contributed by atoms with Crippen molar-refractivity contribution in [2.45, 2.75) is 67.0 Å². The summed E-state index contributed by atoms with van der Waals surface area (Å²) in [6.07, 6.45) is 11.8. The van der Waals surface area contributed by atoms with Crippen molar-refractivity contribution >= 4 is 78.8 Å². The van der Waals surface area contributed by atoms with Gasteiger partial charge in [-0.1, -0.05) is 93.6 Å². The lowest BCUT2D eigenvalue weighted by atomic mass is 10.1. The highest BCUT2D eigenvalue weighted by Gasteiger charge is 2.06. The Labute approximate surface area is 467 Å². The number of carbonyl (C=O) groups excluding carboxylic acids is 1. The van der Waals surface area contributed by atoms with E-state index in [9.17, 15) is 4.79 Å². The summed E-state index contributed by atoms with van der Waals surface area (Å²) in [6, 6.07) is 62.1. The number of aryl methyl sites for hydroxylation is 3. The number of hydrogen-bond donors (Lipinski definition) is 5. The number of H-pyrrole nitrogens is 2. The molecule has 0 radical (unpaired) electrons. The Morgan fingerprint density at radius 1 is 0.545 bits per heavy atom. The molecular formula is C66H70IN7O3. The molecule has 0 bridgehead atoms. The number of fused-ring (bicyclic) bond motifs is 3. The Balaban J connectivity index is 0.000000151. The Kier molecular flexibility index (Phi) is 21.8. The van der Waals surface area contributed by atoms with Gasteiger partial charge in [0.1, 0.15) is 23.4 Å². The fourth-order valence-electron chi connectivity index (χ4n) is 8.18. The summed E-state index contributed by atoms with van der Waals surface area (Å²) in [7, 11) is 0. The molecule has 11 aromatic rings. The maximum atomic E-state index is 10.2. The third-order valence-electron chi connectivity index (χ3n) is 12.6. The topological polar surface area (TPSA) is 135 Å². The monoisotopic (exact) mass is 1140 g/mol. The van der Waals surface area contributed by atoms with Crippen LogP contribution in [0.15, 0.2) is 207 Å². The lowest BCUT2D eigenvalue weighted by molar-refractivity contribution is 0.112. The quantitative estimate of drug-likeness (QED) is 0.0392. The van der Waals surface area contributed by atoms with Crippen molar-refractivity contribution in [3.63, 3.8) is 0 Å². The standard InChI is InChI=1S/C25H26N2O.C16H17N3.C9H10O.C8H9IO.C8H8N2/c1-3-19-5-7-20(8-6-19)18-26-22-9-14-25-21(17-22)15-16-27(25)23-10-12-24(13-11-23)28-4-2;1-2-12-3-5-13(6-4-12)10-18-15-9-14-7-8-17-16(14)19-11-15;1-2-8-3-5-9(7-10)6-4-8;1-2-10-8-5-3-7(9)4-6-8;9-7-1-2-8-6(5-7)3-4-10-8/h5-17,26H,3-4,18H2,1-2H3;3-9,11,18H,2,10H2,1H3,(H,17,19);3-7H,2H2,1H3;3-6H,2H2,1H3;1-5,10H,9H2. The lowest BCUT2D eigenvalue weighted by Crippen LogP contribution is -1.99. The minimum atomic E-state index is 0.685. The Morgan fingerprint density at radius 3 is 1.66 bits per heavy atom. The molecule has 11 rings (SSSR count). The molecule has 0 aliphatic rings. The van der Waals surface area contributed by atoms with Crippen LogP contribution in [0.3, 0.4) is 0 Å².